The van der Waals surface area contributed by atoms with E-state index in [2.05, 4.69) is 11.8 Å². The van der Waals surface area contributed by atoms with Crippen molar-refractivity contribution in [1.29, 1.82) is 0 Å². The third-order valence-electron chi connectivity index (χ3n) is 5.45. The van der Waals surface area contributed by atoms with Crippen molar-refractivity contribution in [2.24, 2.45) is 0 Å². The van der Waals surface area contributed by atoms with Crippen molar-refractivity contribution in [2.75, 3.05) is 37.7 Å². The molecule has 0 spiro atoms. The summed E-state index contributed by atoms with van der Waals surface area (Å²) in [5.41, 5.74) is 0.443. The van der Waals surface area contributed by atoms with Crippen LogP contribution < -0.4 is 4.90 Å². The SMILES string of the molecule is CC#CCn1c(N2CCN(C(=O)OC(C)(C)C)CC2)nc(C(O)c2ccccc2)c1C(=O)OCC. The van der Waals surface area contributed by atoms with Crippen molar-refractivity contribution in [3.05, 3.63) is 47.3 Å². The van der Waals surface area contributed by atoms with Crippen LogP contribution in [0.15, 0.2) is 30.3 Å². The van der Waals surface area contributed by atoms with Crippen LogP contribution in [-0.4, -0.2) is 70.0 Å². The van der Waals surface area contributed by atoms with Crippen LogP contribution in [0.3, 0.4) is 0 Å². The third-order valence-corrected chi connectivity index (χ3v) is 5.45. The van der Waals surface area contributed by atoms with Gasteiger partial charge in [0.15, 0.2) is 5.69 Å². The van der Waals surface area contributed by atoms with Gasteiger partial charge in [0.1, 0.15) is 17.4 Å². The van der Waals surface area contributed by atoms with Gasteiger partial charge in [-0.05, 0) is 40.2 Å². The Morgan fingerprint density at radius 1 is 1.14 bits per heavy atom. The van der Waals surface area contributed by atoms with Crippen molar-refractivity contribution < 1.29 is 24.2 Å². The third kappa shape index (κ3) is 6.34. The smallest absolute Gasteiger partial charge is 0.410 e. The zero-order chi connectivity index (χ0) is 25.6. The van der Waals surface area contributed by atoms with E-state index in [4.69, 9.17) is 14.5 Å². The normalized spacial score (nSPS) is 14.7. The first-order valence-electron chi connectivity index (χ1n) is 11.8. The Kier molecular flexibility index (Phi) is 8.41. The number of hydrogen-bond donors (Lipinski definition) is 1. The van der Waals surface area contributed by atoms with Gasteiger partial charge in [-0.1, -0.05) is 36.3 Å². The molecule has 1 aromatic heterocycles. The molecule has 2 aromatic rings. The van der Waals surface area contributed by atoms with E-state index in [1.807, 2.05) is 43.9 Å². The van der Waals surface area contributed by atoms with E-state index in [1.54, 1.807) is 35.4 Å². The number of amides is 1. The lowest BCUT2D eigenvalue weighted by Gasteiger charge is -2.36. The number of carbonyl (C=O) groups is 2. The summed E-state index contributed by atoms with van der Waals surface area (Å²) >= 11 is 0. The Bertz CT molecular complexity index is 1090. The summed E-state index contributed by atoms with van der Waals surface area (Å²) in [4.78, 5) is 33.9. The minimum Gasteiger partial charge on any atom is -0.461 e. The fraction of sp³-hybridized carbons (Fsp3) is 0.500. The molecule has 1 saturated heterocycles. The van der Waals surface area contributed by atoms with Crippen molar-refractivity contribution in [1.82, 2.24) is 14.5 Å². The highest BCUT2D eigenvalue weighted by molar-refractivity contribution is 5.90. The van der Waals surface area contributed by atoms with Gasteiger partial charge in [0, 0.05) is 26.2 Å². The molecule has 0 aliphatic carbocycles. The lowest BCUT2D eigenvalue weighted by Crippen LogP contribution is -2.50. The highest BCUT2D eigenvalue weighted by atomic mass is 16.6. The number of ether oxygens (including phenoxy) is 2. The number of benzene rings is 1. The number of esters is 1. The maximum atomic E-state index is 13.0. The van der Waals surface area contributed by atoms with Gasteiger partial charge in [-0.25, -0.2) is 14.6 Å². The van der Waals surface area contributed by atoms with Crippen LogP contribution in [0.5, 0.6) is 0 Å². The van der Waals surface area contributed by atoms with Crippen molar-refractivity contribution in [3.8, 4) is 11.8 Å². The van der Waals surface area contributed by atoms with Gasteiger partial charge in [0.25, 0.3) is 0 Å². The Morgan fingerprint density at radius 3 is 2.37 bits per heavy atom. The van der Waals surface area contributed by atoms with E-state index in [0.29, 0.717) is 37.7 Å². The van der Waals surface area contributed by atoms with E-state index in [9.17, 15) is 14.7 Å². The quantitative estimate of drug-likeness (QED) is 0.499. The topological polar surface area (TPSA) is 97.1 Å². The number of imidazole rings is 1. The number of aliphatic hydroxyl groups excluding tert-OH is 1. The minimum atomic E-state index is -1.12. The molecule has 9 heteroatoms. The minimum absolute atomic E-state index is 0.176. The van der Waals surface area contributed by atoms with Crippen LogP contribution in [0.2, 0.25) is 0 Å². The lowest BCUT2D eigenvalue weighted by atomic mass is 10.1. The zero-order valence-electron chi connectivity index (χ0n) is 21.1. The molecule has 2 heterocycles. The van der Waals surface area contributed by atoms with Crippen LogP contribution in [0, 0.1) is 11.8 Å². The molecule has 0 saturated carbocycles. The van der Waals surface area contributed by atoms with Crippen molar-refractivity contribution in [2.45, 2.75) is 52.9 Å². The van der Waals surface area contributed by atoms with Crippen LogP contribution in [0.1, 0.15) is 62.5 Å². The molecule has 188 valence electrons. The fourth-order valence-corrected chi connectivity index (χ4v) is 3.82. The molecule has 1 aliphatic rings. The summed E-state index contributed by atoms with van der Waals surface area (Å²) in [6.07, 6.45) is -1.47. The Labute approximate surface area is 206 Å². The second kappa shape index (κ2) is 11.3. The highest BCUT2D eigenvalue weighted by Gasteiger charge is 2.33. The summed E-state index contributed by atoms with van der Waals surface area (Å²) in [6, 6.07) is 9.05. The van der Waals surface area contributed by atoms with E-state index in [0.717, 1.165) is 0 Å². The molecule has 1 unspecified atom stereocenters. The molecule has 3 rings (SSSR count). The average molecular weight is 483 g/mol. The molecule has 1 aromatic carbocycles. The number of hydrogen-bond acceptors (Lipinski definition) is 7. The average Bonchev–Trinajstić information content (AvgIpc) is 3.21. The number of anilines is 1. The lowest BCUT2D eigenvalue weighted by molar-refractivity contribution is 0.0240. The molecule has 1 atom stereocenters. The second-order valence-corrected chi connectivity index (χ2v) is 9.15. The molecular weight excluding hydrogens is 448 g/mol. The highest BCUT2D eigenvalue weighted by Crippen LogP contribution is 2.30. The zero-order valence-corrected chi connectivity index (χ0v) is 21.1. The van der Waals surface area contributed by atoms with Crippen LogP contribution >= 0.6 is 0 Å². The molecular formula is C26H34N4O5. The molecule has 1 N–H and O–H groups in total. The predicted molar refractivity (Wildman–Crippen MR) is 132 cm³/mol. The maximum absolute atomic E-state index is 13.0. The first kappa shape index (κ1) is 26.1. The van der Waals surface area contributed by atoms with E-state index in [1.165, 1.54) is 0 Å². The number of rotatable bonds is 6. The molecule has 1 aliphatic heterocycles. The molecule has 9 nitrogen and oxygen atoms in total. The maximum Gasteiger partial charge on any atom is 0.410 e. The monoisotopic (exact) mass is 482 g/mol. The number of aliphatic hydroxyl groups is 1. The molecule has 0 bridgehead atoms. The Hall–Kier alpha value is -3.51. The Balaban J connectivity index is 1.97. The van der Waals surface area contributed by atoms with E-state index >= 15 is 0 Å². The van der Waals surface area contributed by atoms with Crippen molar-refractivity contribution >= 4 is 18.0 Å². The molecule has 35 heavy (non-hydrogen) atoms. The standard InChI is InChI=1S/C26H34N4O5/c1-6-8-14-30-21(23(32)34-7-2)20(22(31)19-12-10-9-11-13-19)27-24(30)28-15-17-29(18-16-28)25(33)35-26(3,4)5/h9-13,22,31H,7,14-18H2,1-5H3. The number of piperazine rings is 1. The largest absolute Gasteiger partial charge is 0.461 e. The van der Waals surface area contributed by atoms with Gasteiger partial charge in [0.2, 0.25) is 5.95 Å². The fourth-order valence-electron chi connectivity index (χ4n) is 3.82. The number of carbonyl (C=O) groups excluding carboxylic acids is 2. The molecule has 0 radical (unpaired) electrons. The number of nitrogens with zero attached hydrogens (tertiary/aromatic N) is 4. The van der Waals surface area contributed by atoms with Crippen molar-refractivity contribution in [3.63, 3.8) is 0 Å². The van der Waals surface area contributed by atoms with Gasteiger partial charge in [-0.2, -0.15) is 0 Å². The molecule has 1 fully saturated rings. The van der Waals surface area contributed by atoms with Crippen LogP contribution in [-0.2, 0) is 16.0 Å². The van der Waals surface area contributed by atoms with E-state index in [-0.39, 0.29) is 30.6 Å². The second-order valence-electron chi connectivity index (χ2n) is 9.15. The first-order valence-corrected chi connectivity index (χ1v) is 11.8. The van der Waals surface area contributed by atoms with Gasteiger partial charge >= 0.3 is 12.1 Å². The van der Waals surface area contributed by atoms with Gasteiger partial charge in [-0.15, -0.1) is 5.92 Å². The van der Waals surface area contributed by atoms with Crippen LogP contribution in [0.25, 0.3) is 0 Å². The summed E-state index contributed by atoms with van der Waals surface area (Å²) in [5, 5.41) is 11.2. The van der Waals surface area contributed by atoms with Gasteiger partial charge in [0.05, 0.1) is 13.2 Å². The van der Waals surface area contributed by atoms with Gasteiger partial charge in [-0.3, -0.25) is 4.57 Å². The van der Waals surface area contributed by atoms with Crippen LogP contribution in [0.4, 0.5) is 10.7 Å². The predicted octanol–water partition coefficient (Wildman–Crippen LogP) is 3.22. The summed E-state index contributed by atoms with van der Waals surface area (Å²) < 4.78 is 12.5. The summed E-state index contributed by atoms with van der Waals surface area (Å²) in [5.74, 6) is 5.79. The first-order chi connectivity index (χ1) is 16.7. The van der Waals surface area contributed by atoms with E-state index < -0.39 is 17.7 Å². The molecule has 1 amide bonds. The summed E-state index contributed by atoms with van der Waals surface area (Å²) in [7, 11) is 0. The Morgan fingerprint density at radius 2 is 1.80 bits per heavy atom. The summed E-state index contributed by atoms with van der Waals surface area (Å²) in [6.45, 7) is 11.2. The van der Waals surface area contributed by atoms with Gasteiger partial charge < -0.3 is 24.4 Å². The number of aromatic nitrogens is 2.